The van der Waals surface area contributed by atoms with Gasteiger partial charge in [0.05, 0.1) is 12.2 Å². The van der Waals surface area contributed by atoms with Gasteiger partial charge >= 0.3 is 0 Å². The minimum Gasteiger partial charge on any atom is -0.393 e. The fraction of sp³-hybridized carbons (Fsp3) is 0.357. The van der Waals surface area contributed by atoms with Crippen LogP contribution in [0.25, 0.3) is 0 Å². The van der Waals surface area contributed by atoms with Crippen LogP contribution in [-0.4, -0.2) is 9.36 Å². The summed E-state index contributed by atoms with van der Waals surface area (Å²) >= 11 is 0. The second-order valence-electron chi connectivity index (χ2n) is 5.09. The number of halogens is 1. The van der Waals surface area contributed by atoms with Gasteiger partial charge in [0.1, 0.15) is 11.5 Å². The van der Waals surface area contributed by atoms with Crippen LogP contribution in [0.15, 0.2) is 29.1 Å². The van der Waals surface area contributed by atoms with E-state index in [9.17, 15) is 9.18 Å². The molecule has 1 aliphatic carbocycles. The van der Waals surface area contributed by atoms with Gasteiger partial charge in [0.25, 0.3) is 5.56 Å². The Morgan fingerprint density at radius 3 is 2.79 bits per heavy atom. The number of hydrogen-bond acceptors (Lipinski definition) is 2. The highest BCUT2D eigenvalue weighted by Gasteiger charge is 2.31. The highest BCUT2D eigenvalue weighted by atomic mass is 19.1. The first-order valence-corrected chi connectivity index (χ1v) is 6.37. The Morgan fingerprint density at radius 2 is 2.16 bits per heavy atom. The maximum atomic E-state index is 13.2. The lowest BCUT2D eigenvalue weighted by Crippen LogP contribution is -2.23. The standard InChI is InChI=1S/C14H16FN3O/c1-17-13(10-5-6-10)12(16)14(19)18(17)8-9-3-2-4-11(15)7-9/h2-4,7,10H,5-6,8,16H2,1H3. The first-order valence-electron chi connectivity index (χ1n) is 6.37. The van der Waals surface area contributed by atoms with Gasteiger partial charge in [-0.25, -0.2) is 9.07 Å². The Morgan fingerprint density at radius 1 is 1.42 bits per heavy atom. The average molecular weight is 261 g/mol. The van der Waals surface area contributed by atoms with Crippen molar-refractivity contribution in [2.75, 3.05) is 5.73 Å². The number of nitrogens with two attached hydrogens (primary N) is 1. The number of benzene rings is 1. The monoisotopic (exact) mass is 261 g/mol. The largest absolute Gasteiger partial charge is 0.393 e. The maximum Gasteiger partial charge on any atom is 0.290 e. The molecule has 0 atom stereocenters. The summed E-state index contributed by atoms with van der Waals surface area (Å²) in [7, 11) is 1.84. The third kappa shape index (κ3) is 2.05. The molecule has 4 nitrogen and oxygen atoms in total. The first kappa shape index (κ1) is 12.0. The summed E-state index contributed by atoms with van der Waals surface area (Å²) in [5, 5.41) is 0. The zero-order valence-electron chi connectivity index (χ0n) is 10.8. The van der Waals surface area contributed by atoms with E-state index in [4.69, 9.17) is 5.73 Å². The van der Waals surface area contributed by atoms with E-state index in [2.05, 4.69) is 0 Å². The second-order valence-corrected chi connectivity index (χ2v) is 5.09. The molecule has 19 heavy (non-hydrogen) atoms. The first-order chi connectivity index (χ1) is 9.08. The third-order valence-electron chi connectivity index (χ3n) is 3.64. The quantitative estimate of drug-likeness (QED) is 0.916. The van der Waals surface area contributed by atoms with Crippen LogP contribution < -0.4 is 11.3 Å². The van der Waals surface area contributed by atoms with E-state index in [1.165, 1.54) is 12.1 Å². The van der Waals surface area contributed by atoms with E-state index in [0.29, 0.717) is 18.2 Å². The predicted octanol–water partition coefficient (Wildman–Crippen LogP) is 1.83. The Labute approximate surface area is 110 Å². The van der Waals surface area contributed by atoms with Gasteiger partial charge in [-0.3, -0.25) is 9.48 Å². The van der Waals surface area contributed by atoms with Crippen LogP contribution in [0.2, 0.25) is 0 Å². The molecule has 1 fully saturated rings. The fourth-order valence-corrected chi connectivity index (χ4v) is 2.52. The number of nitrogens with zero attached hydrogens (tertiary/aromatic N) is 2. The van der Waals surface area contributed by atoms with Crippen LogP contribution in [-0.2, 0) is 13.6 Å². The minimum atomic E-state index is -0.296. The molecule has 0 spiro atoms. The predicted molar refractivity (Wildman–Crippen MR) is 71.6 cm³/mol. The van der Waals surface area contributed by atoms with Crippen molar-refractivity contribution in [2.24, 2.45) is 7.05 Å². The van der Waals surface area contributed by atoms with Crippen molar-refractivity contribution in [3.8, 4) is 0 Å². The van der Waals surface area contributed by atoms with Crippen LogP contribution in [0.1, 0.15) is 30.0 Å². The van der Waals surface area contributed by atoms with E-state index in [1.54, 1.807) is 16.8 Å². The Bertz CT molecular complexity index is 682. The molecule has 0 bridgehead atoms. The third-order valence-corrected chi connectivity index (χ3v) is 3.64. The van der Waals surface area contributed by atoms with Crippen molar-refractivity contribution in [3.63, 3.8) is 0 Å². The molecular formula is C14H16FN3O. The fourth-order valence-electron chi connectivity index (χ4n) is 2.52. The van der Waals surface area contributed by atoms with Gasteiger partial charge in [-0.15, -0.1) is 0 Å². The molecule has 1 saturated carbocycles. The molecule has 2 N–H and O–H groups in total. The molecule has 5 heteroatoms. The van der Waals surface area contributed by atoms with Crippen LogP contribution >= 0.6 is 0 Å². The SMILES string of the molecule is Cn1c(C2CC2)c(N)c(=O)n1Cc1cccc(F)c1. The molecule has 0 saturated heterocycles. The van der Waals surface area contributed by atoms with Crippen molar-refractivity contribution in [3.05, 3.63) is 51.7 Å². The van der Waals surface area contributed by atoms with Crippen molar-refractivity contribution >= 4 is 5.69 Å². The molecule has 100 valence electrons. The van der Waals surface area contributed by atoms with Gasteiger partial charge in [-0.05, 0) is 30.5 Å². The van der Waals surface area contributed by atoms with Crippen molar-refractivity contribution < 1.29 is 4.39 Å². The summed E-state index contributed by atoms with van der Waals surface area (Å²) in [6, 6.07) is 6.27. The van der Waals surface area contributed by atoms with E-state index >= 15 is 0 Å². The number of rotatable bonds is 3. The summed E-state index contributed by atoms with van der Waals surface area (Å²) < 4.78 is 16.6. The molecule has 3 rings (SSSR count). The topological polar surface area (TPSA) is 52.9 Å². The summed E-state index contributed by atoms with van der Waals surface area (Å²) in [5.41, 5.74) is 7.72. The molecule has 1 aromatic carbocycles. The normalized spacial score (nSPS) is 14.8. The highest BCUT2D eigenvalue weighted by molar-refractivity contribution is 5.45. The van der Waals surface area contributed by atoms with Crippen molar-refractivity contribution in [2.45, 2.75) is 25.3 Å². The molecular weight excluding hydrogens is 245 g/mol. The second kappa shape index (κ2) is 4.26. The summed E-state index contributed by atoms with van der Waals surface area (Å²) in [6.07, 6.45) is 2.17. The Hall–Kier alpha value is -2.04. The lowest BCUT2D eigenvalue weighted by Gasteiger charge is -2.09. The Kier molecular flexibility index (Phi) is 2.69. The van der Waals surface area contributed by atoms with E-state index in [-0.39, 0.29) is 11.4 Å². The van der Waals surface area contributed by atoms with Crippen molar-refractivity contribution in [1.82, 2.24) is 9.36 Å². The summed E-state index contributed by atoms with van der Waals surface area (Å²) in [5.74, 6) is 0.113. The highest BCUT2D eigenvalue weighted by Crippen LogP contribution is 2.41. The van der Waals surface area contributed by atoms with Gasteiger partial charge in [0, 0.05) is 13.0 Å². The number of nitrogen functional groups attached to an aromatic ring is 1. The zero-order chi connectivity index (χ0) is 13.6. The number of anilines is 1. The molecule has 0 aliphatic heterocycles. The molecule has 0 amide bonds. The van der Waals surface area contributed by atoms with Gasteiger partial charge in [-0.2, -0.15) is 0 Å². The maximum absolute atomic E-state index is 13.2. The molecule has 2 aromatic rings. The van der Waals surface area contributed by atoms with E-state index in [0.717, 1.165) is 24.1 Å². The van der Waals surface area contributed by atoms with Crippen molar-refractivity contribution in [1.29, 1.82) is 0 Å². The lowest BCUT2D eigenvalue weighted by molar-refractivity contribution is 0.516. The average Bonchev–Trinajstić information content (AvgIpc) is 3.16. The Balaban J connectivity index is 2.01. The van der Waals surface area contributed by atoms with Crippen LogP contribution in [0.5, 0.6) is 0 Å². The minimum absolute atomic E-state index is 0.186. The molecule has 1 aliphatic rings. The lowest BCUT2D eigenvalue weighted by atomic mass is 10.2. The van der Waals surface area contributed by atoms with Crippen LogP contribution in [0, 0.1) is 5.82 Å². The molecule has 0 radical (unpaired) electrons. The van der Waals surface area contributed by atoms with Crippen LogP contribution in [0.3, 0.4) is 0 Å². The molecule has 0 unspecified atom stereocenters. The van der Waals surface area contributed by atoms with Gasteiger partial charge < -0.3 is 5.73 Å². The van der Waals surface area contributed by atoms with E-state index < -0.39 is 0 Å². The number of aromatic nitrogens is 2. The van der Waals surface area contributed by atoms with Gasteiger partial charge in [0.15, 0.2) is 0 Å². The van der Waals surface area contributed by atoms with Gasteiger partial charge in [0.2, 0.25) is 0 Å². The smallest absolute Gasteiger partial charge is 0.290 e. The zero-order valence-corrected chi connectivity index (χ0v) is 10.8. The number of hydrogen-bond donors (Lipinski definition) is 1. The molecule has 1 heterocycles. The van der Waals surface area contributed by atoms with Gasteiger partial charge in [-0.1, -0.05) is 12.1 Å². The molecule has 1 aromatic heterocycles. The summed E-state index contributed by atoms with van der Waals surface area (Å²) in [6.45, 7) is 0.337. The van der Waals surface area contributed by atoms with E-state index in [1.807, 2.05) is 11.7 Å². The summed E-state index contributed by atoms with van der Waals surface area (Å²) in [4.78, 5) is 12.2. The van der Waals surface area contributed by atoms with Crippen LogP contribution in [0.4, 0.5) is 10.1 Å².